The first kappa shape index (κ1) is 14.8. The Bertz CT molecular complexity index is 535. The highest BCUT2D eigenvalue weighted by Gasteiger charge is 2.21. The Balaban J connectivity index is 0.000000258. The van der Waals surface area contributed by atoms with Crippen LogP contribution >= 0.6 is 0 Å². The van der Waals surface area contributed by atoms with Gasteiger partial charge in [0, 0.05) is 23.1 Å². The Labute approximate surface area is 112 Å². The number of ether oxygens (including phenoxy) is 1. The normalized spacial score (nSPS) is 12.9. The van der Waals surface area contributed by atoms with Crippen LogP contribution in [0.25, 0.3) is 0 Å². The Morgan fingerprint density at radius 3 is 2.21 bits per heavy atom. The van der Waals surface area contributed by atoms with Crippen molar-refractivity contribution in [2.45, 2.75) is 20.3 Å². The third kappa shape index (κ3) is 3.61. The first-order chi connectivity index (χ1) is 9.01. The van der Waals surface area contributed by atoms with E-state index in [1.165, 1.54) is 13.2 Å². The van der Waals surface area contributed by atoms with E-state index in [2.05, 4.69) is 4.74 Å². The van der Waals surface area contributed by atoms with Gasteiger partial charge in [-0.2, -0.15) is 0 Å². The molecule has 19 heavy (non-hydrogen) atoms. The molecule has 0 heterocycles. The minimum Gasteiger partial charge on any atom is -0.469 e. The van der Waals surface area contributed by atoms with Crippen LogP contribution in [0.2, 0.25) is 0 Å². The summed E-state index contributed by atoms with van der Waals surface area (Å²) in [6, 6.07) is 6.89. The summed E-state index contributed by atoms with van der Waals surface area (Å²) in [5.74, 6) is -0.280. The average molecular weight is 260 g/mol. The van der Waals surface area contributed by atoms with Gasteiger partial charge in [0.1, 0.15) is 0 Å². The van der Waals surface area contributed by atoms with E-state index in [9.17, 15) is 14.4 Å². The molecule has 0 amide bonds. The van der Waals surface area contributed by atoms with Crippen LogP contribution < -0.4 is 0 Å². The number of rotatable bonds is 1. The van der Waals surface area contributed by atoms with Gasteiger partial charge in [0.05, 0.1) is 7.11 Å². The third-order valence-electron chi connectivity index (χ3n) is 2.66. The van der Waals surface area contributed by atoms with Gasteiger partial charge in [0.25, 0.3) is 0 Å². The highest BCUT2D eigenvalue weighted by molar-refractivity contribution is 6.24. The molecule has 0 atom stereocenters. The maximum absolute atomic E-state index is 11.5. The quantitative estimate of drug-likeness (QED) is 0.728. The lowest BCUT2D eigenvalue weighted by molar-refractivity contribution is -0.140. The summed E-state index contributed by atoms with van der Waals surface area (Å²) in [5, 5.41) is 0. The maximum atomic E-state index is 11.5. The second kappa shape index (κ2) is 6.64. The molecule has 100 valence electrons. The van der Waals surface area contributed by atoms with Crippen LogP contribution in [0, 0.1) is 0 Å². The lowest BCUT2D eigenvalue weighted by Gasteiger charge is -2.11. The zero-order chi connectivity index (χ0) is 14.4. The Hall–Kier alpha value is -2.23. The summed E-state index contributed by atoms with van der Waals surface area (Å²) in [6.07, 6.45) is 1.86. The molecule has 0 unspecified atom stereocenters. The predicted molar refractivity (Wildman–Crippen MR) is 71.2 cm³/mol. The molecule has 1 aromatic carbocycles. The number of hydrogen-bond acceptors (Lipinski definition) is 4. The Morgan fingerprint density at radius 1 is 1.16 bits per heavy atom. The van der Waals surface area contributed by atoms with Crippen LogP contribution in [0.4, 0.5) is 0 Å². The van der Waals surface area contributed by atoms with E-state index >= 15 is 0 Å². The number of benzene rings is 1. The molecule has 0 radical (unpaired) electrons. The number of hydrogen-bond donors (Lipinski definition) is 0. The number of ketones is 2. The smallest absolute Gasteiger partial charge is 0.305 e. The number of methoxy groups -OCH3 is 1. The van der Waals surface area contributed by atoms with Crippen molar-refractivity contribution < 1.29 is 19.1 Å². The zero-order valence-electron chi connectivity index (χ0n) is 11.2. The van der Waals surface area contributed by atoms with E-state index in [0.717, 1.165) is 0 Å². The highest BCUT2D eigenvalue weighted by Crippen LogP contribution is 2.20. The van der Waals surface area contributed by atoms with Gasteiger partial charge in [-0.15, -0.1) is 0 Å². The molecule has 0 N–H and O–H groups in total. The standard InChI is InChI=1S/C11H8O2.C4H8O2/c1-7-6-10(12)8-4-2-3-5-9(8)11(7)13;1-3-4(5)6-2/h2-6H,1H3;3H2,1-2H3. The topological polar surface area (TPSA) is 60.4 Å². The van der Waals surface area contributed by atoms with Gasteiger partial charge in [-0.3, -0.25) is 14.4 Å². The van der Waals surface area contributed by atoms with E-state index in [1.54, 1.807) is 38.1 Å². The fraction of sp³-hybridized carbons (Fsp3) is 0.267. The van der Waals surface area contributed by atoms with Gasteiger partial charge in [0.15, 0.2) is 11.6 Å². The van der Waals surface area contributed by atoms with Crippen molar-refractivity contribution in [2.75, 3.05) is 7.11 Å². The van der Waals surface area contributed by atoms with Gasteiger partial charge in [-0.1, -0.05) is 31.2 Å². The number of carbonyl (C=O) groups excluding carboxylic acids is 3. The van der Waals surface area contributed by atoms with Crippen molar-refractivity contribution in [1.82, 2.24) is 0 Å². The van der Waals surface area contributed by atoms with E-state index in [-0.39, 0.29) is 17.5 Å². The molecular weight excluding hydrogens is 244 g/mol. The second-order valence-electron chi connectivity index (χ2n) is 4.00. The van der Waals surface area contributed by atoms with Crippen molar-refractivity contribution >= 4 is 17.5 Å². The van der Waals surface area contributed by atoms with Crippen molar-refractivity contribution in [3.63, 3.8) is 0 Å². The Morgan fingerprint density at radius 2 is 1.74 bits per heavy atom. The molecule has 1 aliphatic rings. The first-order valence-corrected chi connectivity index (χ1v) is 5.94. The van der Waals surface area contributed by atoms with Gasteiger partial charge in [-0.25, -0.2) is 0 Å². The lowest BCUT2D eigenvalue weighted by Crippen LogP contribution is -2.14. The largest absolute Gasteiger partial charge is 0.469 e. The number of fused-ring (bicyclic) bond motifs is 1. The van der Waals surface area contributed by atoms with E-state index in [4.69, 9.17) is 0 Å². The maximum Gasteiger partial charge on any atom is 0.305 e. The fourth-order valence-corrected chi connectivity index (χ4v) is 1.59. The minimum absolute atomic E-state index is 0.0461. The molecule has 1 aromatic rings. The summed E-state index contributed by atoms with van der Waals surface area (Å²) in [4.78, 5) is 32.9. The summed E-state index contributed by atoms with van der Waals surface area (Å²) in [7, 11) is 1.38. The molecule has 0 saturated heterocycles. The SMILES string of the molecule is CC1=CC(=O)c2ccccc2C1=O.CCC(=O)OC. The van der Waals surface area contributed by atoms with Crippen molar-refractivity contribution in [1.29, 1.82) is 0 Å². The van der Waals surface area contributed by atoms with E-state index in [0.29, 0.717) is 23.1 Å². The fourth-order valence-electron chi connectivity index (χ4n) is 1.59. The molecule has 0 fully saturated rings. The highest BCUT2D eigenvalue weighted by atomic mass is 16.5. The van der Waals surface area contributed by atoms with Crippen LogP contribution in [0.1, 0.15) is 41.0 Å². The van der Waals surface area contributed by atoms with Crippen LogP contribution in [0.5, 0.6) is 0 Å². The van der Waals surface area contributed by atoms with Crippen molar-refractivity contribution in [2.24, 2.45) is 0 Å². The molecule has 4 nitrogen and oxygen atoms in total. The number of Topliss-reactive ketones (excluding diaryl/α,β-unsaturated/α-hetero) is 1. The molecular formula is C15H16O4. The Kier molecular flexibility index (Phi) is 5.18. The summed E-state index contributed by atoms with van der Waals surface area (Å²) >= 11 is 0. The molecule has 0 spiro atoms. The minimum atomic E-state index is -0.157. The van der Waals surface area contributed by atoms with Crippen molar-refractivity contribution in [3.8, 4) is 0 Å². The molecule has 0 aliphatic heterocycles. The molecule has 4 heteroatoms. The summed E-state index contributed by atoms with van der Waals surface area (Å²) < 4.78 is 4.26. The van der Waals surface area contributed by atoms with Crippen LogP contribution in [-0.2, 0) is 9.53 Å². The number of carbonyl (C=O) groups is 3. The third-order valence-corrected chi connectivity index (χ3v) is 2.66. The van der Waals surface area contributed by atoms with E-state index < -0.39 is 0 Å². The molecule has 0 saturated carbocycles. The van der Waals surface area contributed by atoms with Gasteiger partial charge in [0.2, 0.25) is 0 Å². The van der Waals surface area contributed by atoms with E-state index in [1.807, 2.05) is 0 Å². The monoisotopic (exact) mass is 260 g/mol. The molecule has 1 aliphatic carbocycles. The molecule has 0 bridgehead atoms. The van der Waals surface area contributed by atoms with Crippen molar-refractivity contribution in [3.05, 3.63) is 47.0 Å². The summed E-state index contributed by atoms with van der Waals surface area (Å²) in [6.45, 7) is 3.42. The van der Waals surface area contributed by atoms with Gasteiger partial charge >= 0.3 is 5.97 Å². The zero-order valence-corrected chi connectivity index (χ0v) is 11.2. The molecule has 0 aromatic heterocycles. The van der Waals surface area contributed by atoms with Crippen LogP contribution in [0.3, 0.4) is 0 Å². The number of esters is 1. The first-order valence-electron chi connectivity index (χ1n) is 5.94. The average Bonchev–Trinajstić information content (AvgIpc) is 2.44. The van der Waals surface area contributed by atoms with Crippen LogP contribution in [0.15, 0.2) is 35.9 Å². The number of allylic oxidation sites excluding steroid dienone is 2. The molecule has 2 rings (SSSR count). The van der Waals surface area contributed by atoms with Gasteiger partial charge < -0.3 is 4.74 Å². The van der Waals surface area contributed by atoms with Crippen LogP contribution in [-0.4, -0.2) is 24.6 Å². The second-order valence-corrected chi connectivity index (χ2v) is 4.00. The predicted octanol–water partition coefficient (Wildman–Crippen LogP) is 2.58. The lowest BCUT2D eigenvalue weighted by atomic mass is 9.90. The van der Waals surface area contributed by atoms with Gasteiger partial charge in [-0.05, 0) is 13.0 Å². The summed E-state index contributed by atoms with van der Waals surface area (Å²) in [5.41, 5.74) is 1.55.